The molecular weight excluding hydrogens is 188 g/mol. The zero-order valence-electron chi connectivity index (χ0n) is 8.99. The third kappa shape index (κ3) is 2.40. The van der Waals surface area contributed by atoms with Gasteiger partial charge in [0.05, 0.1) is 6.54 Å². The summed E-state index contributed by atoms with van der Waals surface area (Å²) in [4.78, 5) is 0. The number of nitrogens with one attached hydrogen (secondary N) is 1. The first-order chi connectivity index (χ1) is 7.29. The SMILES string of the molecule is CC1CCCC1NCc1ccc(C#N)o1. The van der Waals surface area contributed by atoms with Gasteiger partial charge in [-0.15, -0.1) is 0 Å². The number of nitriles is 1. The van der Waals surface area contributed by atoms with Gasteiger partial charge < -0.3 is 9.73 Å². The van der Waals surface area contributed by atoms with E-state index < -0.39 is 0 Å². The van der Waals surface area contributed by atoms with Crippen LogP contribution in [0.25, 0.3) is 0 Å². The molecule has 2 rings (SSSR count). The minimum Gasteiger partial charge on any atom is -0.449 e. The molecule has 0 saturated heterocycles. The van der Waals surface area contributed by atoms with Crippen LogP contribution >= 0.6 is 0 Å². The van der Waals surface area contributed by atoms with Crippen LogP contribution in [0.3, 0.4) is 0 Å². The summed E-state index contributed by atoms with van der Waals surface area (Å²) in [5.41, 5.74) is 0. The van der Waals surface area contributed by atoms with Crippen LogP contribution < -0.4 is 5.32 Å². The van der Waals surface area contributed by atoms with Gasteiger partial charge in [0, 0.05) is 6.04 Å². The van der Waals surface area contributed by atoms with Crippen molar-refractivity contribution < 1.29 is 4.42 Å². The third-order valence-electron chi connectivity index (χ3n) is 3.17. The maximum atomic E-state index is 8.61. The summed E-state index contributed by atoms with van der Waals surface area (Å²) in [7, 11) is 0. The van der Waals surface area contributed by atoms with Crippen molar-refractivity contribution in [3.8, 4) is 6.07 Å². The highest BCUT2D eigenvalue weighted by molar-refractivity contribution is 5.19. The molecule has 1 heterocycles. The van der Waals surface area contributed by atoms with Crippen LogP contribution in [0.15, 0.2) is 16.5 Å². The van der Waals surface area contributed by atoms with E-state index in [9.17, 15) is 0 Å². The van der Waals surface area contributed by atoms with Gasteiger partial charge in [-0.2, -0.15) is 5.26 Å². The molecule has 0 radical (unpaired) electrons. The Kier molecular flexibility index (Phi) is 3.08. The van der Waals surface area contributed by atoms with E-state index in [1.165, 1.54) is 19.3 Å². The van der Waals surface area contributed by atoms with Crippen LogP contribution in [0.1, 0.15) is 37.7 Å². The molecule has 1 aromatic heterocycles. The van der Waals surface area contributed by atoms with E-state index in [1.54, 1.807) is 6.07 Å². The first-order valence-electron chi connectivity index (χ1n) is 5.52. The first kappa shape index (κ1) is 10.3. The third-order valence-corrected chi connectivity index (χ3v) is 3.17. The van der Waals surface area contributed by atoms with Crippen molar-refractivity contribution in [1.29, 1.82) is 5.26 Å². The molecule has 1 aliphatic rings. The van der Waals surface area contributed by atoms with Crippen LogP contribution in [-0.4, -0.2) is 6.04 Å². The van der Waals surface area contributed by atoms with Gasteiger partial charge in [-0.3, -0.25) is 0 Å². The summed E-state index contributed by atoms with van der Waals surface area (Å²) in [6.45, 7) is 3.02. The first-order valence-corrected chi connectivity index (χ1v) is 5.52. The van der Waals surface area contributed by atoms with Crippen molar-refractivity contribution in [3.05, 3.63) is 23.7 Å². The Labute approximate surface area is 90.1 Å². The molecule has 3 heteroatoms. The van der Waals surface area contributed by atoms with Gasteiger partial charge in [-0.25, -0.2) is 0 Å². The smallest absolute Gasteiger partial charge is 0.203 e. The lowest BCUT2D eigenvalue weighted by atomic mass is 10.1. The fourth-order valence-electron chi connectivity index (χ4n) is 2.21. The van der Waals surface area contributed by atoms with Crippen molar-refractivity contribution >= 4 is 0 Å². The van der Waals surface area contributed by atoms with Crippen molar-refractivity contribution in [2.24, 2.45) is 5.92 Å². The molecule has 0 amide bonds. The van der Waals surface area contributed by atoms with E-state index in [0.29, 0.717) is 11.8 Å². The lowest BCUT2D eigenvalue weighted by Crippen LogP contribution is -2.30. The second-order valence-electron chi connectivity index (χ2n) is 4.27. The van der Waals surface area contributed by atoms with Gasteiger partial charge in [-0.05, 0) is 30.9 Å². The monoisotopic (exact) mass is 204 g/mol. The maximum Gasteiger partial charge on any atom is 0.203 e. The second kappa shape index (κ2) is 4.50. The summed E-state index contributed by atoms with van der Waals surface area (Å²) in [6.07, 6.45) is 3.90. The summed E-state index contributed by atoms with van der Waals surface area (Å²) in [6, 6.07) is 6.18. The molecule has 1 aliphatic carbocycles. The van der Waals surface area contributed by atoms with Gasteiger partial charge in [0.1, 0.15) is 11.8 Å². The van der Waals surface area contributed by atoms with Crippen LogP contribution in [0.4, 0.5) is 0 Å². The topological polar surface area (TPSA) is 49.0 Å². The normalized spacial score (nSPS) is 25.3. The van der Waals surface area contributed by atoms with Gasteiger partial charge in [0.15, 0.2) is 0 Å². The zero-order chi connectivity index (χ0) is 10.7. The van der Waals surface area contributed by atoms with E-state index in [0.717, 1.165) is 18.2 Å². The molecule has 1 N–H and O–H groups in total. The van der Waals surface area contributed by atoms with Crippen LogP contribution in [-0.2, 0) is 6.54 Å². The highest BCUT2D eigenvalue weighted by Crippen LogP contribution is 2.25. The number of hydrogen-bond donors (Lipinski definition) is 1. The lowest BCUT2D eigenvalue weighted by molar-refractivity contribution is 0.393. The van der Waals surface area contributed by atoms with Gasteiger partial charge in [-0.1, -0.05) is 13.3 Å². The van der Waals surface area contributed by atoms with Crippen molar-refractivity contribution in [2.75, 3.05) is 0 Å². The summed E-state index contributed by atoms with van der Waals surface area (Å²) in [5.74, 6) is 2.01. The molecule has 2 atom stereocenters. The summed E-state index contributed by atoms with van der Waals surface area (Å²) in [5, 5.41) is 12.1. The van der Waals surface area contributed by atoms with Crippen LogP contribution in [0, 0.1) is 17.2 Å². The molecule has 15 heavy (non-hydrogen) atoms. The van der Waals surface area contributed by atoms with Crippen molar-refractivity contribution in [2.45, 2.75) is 38.8 Å². The molecule has 1 saturated carbocycles. The van der Waals surface area contributed by atoms with Gasteiger partial charge >= 0.3 is 0 Å². The molecule has 80 valence electrons. The zero-order valence-corrected chi connectivity index (χ0v) is 8.99. The fourth-order valence-corrected chi connectivity index (χ4v) is 2.21. The van der Waals surface area contributed by atoms with Crippen LogP contribution in [0.2, 0.25) is 0 Å². The van der Waals surface area contributed by atoms with Crippen molar-refractivity contribution in [3.63, 3.8) is 0 Å². The second-order valence-corrected chi connectivity index (χ2v) is 4.27. The number of nitrogens with zero attached hydrogens (tertiary/aromatic N) is 1. The molecule has 1 aromatic rings. The molecule has 2 unspecified atom stereocenters. The quantitative estimate of drug-likeness (QED) is 0.822. The Morgan fingerprint density at radius 2 is 2.40 bits per heavy atom. The Morgan fingerprint density at radius 3 is 3.00 bits per heavy atom. The highest BCUT2D eigenvalue weighted by atomic mass is 16.3. The Bertz CT molecular complexity index is 364. The number of rotatable bonds is 3. The average molecular weight is 204 g/mol. The Morgan fingerprint density at radius 1 is 1.53 bits per heavy atom. The van der Waals surface area contributed by atoms with Gasteiger partial charge in [0.2, 0.25) is 5.76 Å². The Hall–Kier alpha value is -1.27. The number of hydrogen-bond acceptors (Lipinski definition) is 3. The standard InChI is InChI=1S/C12H16N2O/c1-9-3-2-4-12(9)14-8-11-6-5-10(7-13)15-11/h5-6,9,12,14H,2-4,8H2,1H3. The van der Waals surface area contributed by atoms with Crippen molar-refractivity contribution in [1.82, 2.24) is 5.32 Å². The minimum absolute atomic E-state index is 0.395. The minimum atomic E-state index is 0.395. The highest BCUT2D eigenvalue weighted by Gasteiger charge is 2.22. The molecule has 0 bridgehead atoms. The van der Waals surface area contributed by atoms with E-state index in [-0.39, 0.29) is 0 Å². The lowest BCUT2D eigenvalue weighted by Gasteiger charge is -2.15. The van der Waals surface area contributed by atoms with E-state index in [1.807, 2.05) is 12.1 Å². The van der Waals surface area contributed by atoms with E-state index >= 15 is 0 Å². The largest absolute Gasteiger partial charge is 0.449 e. The molecule has 0 aromatic carbocycles. The van der Waals surface area contributed by atoms with Gasteiger partial charge in [0.25, 0.3) is 0 Å². The van der Waals surface area contributed by atoms with E-state index in [2.05, 4.69) is 12.2 Å². The molecule has 0 spiro atoms. The predicted molar refractivity (Wildman–Crippen MR) is 57.1 cm³/mol. The maximum absolute atomic E-state index is 8.61. The average Bonchev–Trinajstić information content (AvgIpc) is 2.84. The molecule has 1 fully saturated rings. The molecular formula is C12H16N2O. The number of furan rings is 1. The van der Waals surface area contributed by atoms with E-state index in [4.69, 9.17) is 9.68 Å². The fraction of sp³-hybridized carbons (Fsp3) is 0.583. The van der Waals surface area contributed by atoms with Crippen LogP contribution in [0.5, 0.6) is 0 Å². The summed E-state index contributed by atoms with van der Waals surface area (Å²) >= 11 is 0. The molecule has 3 nitrogen and oxygen atoms in total. The Balaban J connectivity index is 1.85. The predicted octanol–water partition coefficient (Wildman–Crippen LogP) is 2.43. The molecule has 0 aliphatic heterocycles. The summed E-state index contributed by atoms with van der Waals surface area (Å²) < 4.78 is 5.30.